The van der Waals surface area contributed by atoms with Crippen LogP contribution in [0.5, 0.6) is 11.5 Å². The van der Waals surface area contributed by atoms with Gasteiger partial charge >= 0.3 is 0 Å². The molecule has 1 aromatic carbocycles. The molecule has 1 aliphatic heterocycles. The Kier molecular flexibility index (Phi) is 7.98. The molecule has 1 aromatic heterocycles. The lowest BCUT2D eigenvalue weighted by molar-refractivity contribution is 0.132. The molecule has 0 spiro atoms. The molecule has 0 radical (unpaired) electrons. The summed E-state index contributed by atoms with van der Waals surface area (Å²) in [5, 5.41) is 3.47. The van der Waals surface area contributed by atoms with Crippen LogP contribution in [0.25, 0.3) is 0 Å². The van der Waals surface area contributed by atoms with Gasteiger partial charge in [-0.2, -0.15) is 0 Å². The van der Waals surface area contributed by atoms with Crippen LogP contribution in [-0.2, 0) is 0 Å². The van der Waals surface area contributed by atoms with E-state index in [1.165, 1.54) is 5.56 Å². The van der Waals surface area contributed by atoms with Gasteiger partial charge in [-0.15, -0.1) is 12.4 Å². The Morgan fingerprint density at radius 3 is 2.68 bits per heavy atom. The Balaban J connectivity index is 0.00000225. The lowest BCUT2D eigenvalue weighted by Gasteiger charge is -2.36. The number of hydrogen-bond donors (Lipinski definition) is 1. The van der Waals surface area contributed by atoms with Crippen molar-refractivity contribution < 1.29 is 9.47 Å². The zero-order valence-electron chi connectivity index (χ0n) is 14.6. The normalized spacial score (nSPS) is 17.6. The summed E-state index contributed by atoms with van der Waals surface area (Å²) < 4.78 is 11.6. The molecule has 136 valence electrons. The van der Waals surface area contributed by atoms with Gasteiger partial charge in [0.15, 0.2) is 11.5 Å². The van der Waals surface area contributed by atoms with Crippen LogP contribution in [0.15, 0.2) is 48.8 Å². The van der Waals surface area contributed by atoms with Crippen LogP contribution >= 0.6 is 12.4 Å². The summed E-state index contributed by atoms with van der Waals surface area (Å²) in [5.74, 6) is 1.62. The van der Waals surface area contributed by atoms with Crippen LogP contribution in [0.3, 0.4) is 0 Å². The van der Waals surface area contributed by atoms with Gasteiger partial charge in [-0.25, -0.2) is 0 Å². The Hall–Kier alpha value is -1.82. The summed E-state index contributed by atoms with van der Waals surface area (Å²) in [6, 6.07) is 12.3. The summed E-state index contributed by atoms with van der Waals surface area (Å²) >= 11 is 0. The number of rotatable bonds is 7. The maximum absolute atomic E-state index is 5.97. The Morgan fingerprint density at radius 2 is 1.96 bits per heavy atom. The van der Waals surface area contributed by atoms with Gasteiger partial charge in [-0.05, 0) is 30.7 Å². The van der Waals surface area contributed by atoms with Crippen molar-refractivity contribution in [1.29, 1.82) is 0 Å². The molecule has 2 aromatic rings. The number of para-hydroxylation sites is 2. The Bertz CT molecular complexity index is 627. The van der Waals surface area contributed by atoms with E-state index < -0.39 is 0 Å². The molecule has 0 amide bonds. The average Bonchev–Trinajstić information content (AvgIpc) is 2.64. The summed E-state index contributed by atoms with van der Waals surface area (Å²) in [7, 11) is 0. The molecule has 0 bridgehead atoms. The van der Waals surface area contributed by atoms with Crippen molar-refractivity contribution in [2.45, 2.75) is 13.0 Å². The number of aromatic nitrogens is 1. The number of pyridine rings is 1. The molecule has 0 saturated carbocycles. The number of nitrogens with zero attached hydrogens (tertiary/aromatic N) is 2. The van der Waals surface area contributed by atoms with Gasteiger partial charge in [0, 0.05) is 44.6 Å². The largest absolute Gasteiger partial charge is 0.490 e. The monoisotopic (exact) mass is 363 g/mol. The second-order valence-corrected chi connectivity index (χ2v) is 5.77. The van der Waals surface area contributed by atoms with Crippen LogP contribution in [0.1, 0.15) is 18.5 Å². The van der Waals surface area contributed by atoms with E-state index in [-0.39, 0.29) is 12.4 Å². The number of halogens is 1. The lowest BCUT2D eigenvalue weighted by atomic mass is 10.1. The van der Waals surface area contributed by atoms with Crippen LogP contribution in [-0.4, -0.2) is 49.3 Å². The highest BCUT2D eigenvalue weighted by molar-refractivity contribution is 5.85. The fraction of sp³-hybridized carbons (Fsp3) is 0.421. The molecule has 5 nitrogen and oxygen atoms in total. The molecule has 1 aliphatic rings. The predicted octanol–water partition coefficient (Wildman–Crippen LogP) is 2.93. The fourth-order valence-corrected chi connectivity index (χ4v) is 3.03. The predicted molar refractivity (Wildman–Crippen MR) is 102 cm³/mol. The van der Waals surface area contributed by atoms with E-state index in [9.17, 15) is 0 Å². The quantitative estimate of drug-likeness (QED) is 0.819. The van der Waals surface area contributed by atoms with E-state index in [2.05, 4.69) is 21.3 Å². The molecule has 2 heterocycles. The van der Waals surface area contributed by atoms with Crippen molar-refractivity contribution in [1.82, 2.24) is 15.2 Å². The molecule has 1 saturated heterocycles. The molecule has 1 N–H and O–H groups in total. The van der Waals surface area contributed by atoms with Gasteiger partial charge in [-0.1, -0.05) is 18.2 Å². The van der Waals surface area contributed by atoms with Gasteiger partial charge in [0.05, 0.1) is 6.61 Å². The molecule has 1 atom stereocenters. The summed E-state index contributed by atoms with van der Waals surface area (Å²) in [5.41, 5.74) is 1.25. The van der Waals surface area contributed by atoms with E-state index >= 15 is 0 Å². The third-order valence-corrected chi connectivity index (χ3v) is 4.21. The minimum absolute atomic E-state index is 0. The van der Waals surface area contributed by atoms with Crippen molar-refractivity contribution in [2.75, 3.05) is 39.4 Å². The Morgan fingerprint density at radius 1 is 1.16 bits per heavy atom. The maximum Gasteiger partial charge on any atom is 0.161 e. The van der Waals surface area contributed by atoms with E-state index in [0.717, 1.165) is 37.7 Å². The number of nitrogens with one attached hydrogen (secondary N) is 1. The SMILES string of the molecule is CCOc1ccccc1OCCN1CCNCC1c1cccnc1.Cl. The van der Waals surface area contributed by atoms with Crippen molar-refractivity contribution in [3.63, 3.8) is 0 Å². The molecular formula is C19H26ClN3O2. The van der Waals surface area contributed by atoms with E-state index in [1.807, 2.05) is 49.6 Å². The van der Waals surface area contributed by atoms with Crippen molar-refractivity contribution in [2.24, 2.45) is 0 Å². The number of benzene rings is 1. The molecule has 6 heteroatoms. The van der Waals surface area contributed by atoms with Crippen molar-refractivity contribution in [3.8, 4) is 11.5 Å². The van der Waals surface area contributed by atoms with E-state index in [0.29, 0.717) is 19.3 Å². The first kappa shape index (κ1) is 19.5. The minimum atomic E-state index is 0. The molecule has 25 heavy (non-hydrogen) atoms. The molecular weight excluding hydrogens is 338 g/mol. The second kappa shape index (κ2) is 10.2. The van der Waals surface area contributed by atoms with Gasteiger partial charge in [-0.3, -0.25) is 9.88 Å². The lowest BCUT2D eigenvalue weighted by Crippen LogP contribution is -2.47. The Labute approximate surface area is 155 Å². The molecule has 1 fully saturated rings. The number of hydrogen-bond acceptors (Lipinski definition) is 5. The first-order valence-electron chi connectivity index (χ1n) is 8.58. The highest BCUT2D eigenvalue weighted by Gasteiger charge is 2.23. The smallest absolute Gasteiger partial charge is 0.161 e. The summed E-state index contributed by atoms with van der Waals surface area (Å²) in [6.45, 7) is 7.10. The summed E-state index contributed by atoms with van der Waals surface area (Å²) in [6.07, 6.45) is 3.77. The zero-order valence-corrected chi connectivity index (χ0v) is 15.4. The van der Waals surface area contributed by atoms with Gasteiger partial charge in [0.2, 0.25) is 0 Å². The van der Waals surface area contributed by atoms with E-state index in [4.69, 9.17) is 9.47 Å². The highest BCUT2D eigenvalue weighted by atomic mass is 35.5. The van der Waals surface area contributed by atoms with Crippen molar-refractivity contribution in [3.05, 3.63) is 54.4 Å². The minimum Gasteiger partial charge on any atom is -0.490 e. The topological polar surface area (TPSA) is 46.6 Å². The zero-order chi connectivity index (χ0) is 16.6. The highest BCUT2D eigenvalue weighted by Crippen LogP contribution is 2.27. The fourth-order valence-electron chi connectivity index (χ4n) is 3.03. The van der Waals surface area contributed by atoms with Crippen LogP contribution in [0.4, 0.5) is 0 Å². The number of piperazine rings is 1. The van der Waals surface area contributed by atoms with Crippen LogP contribution in [0, 0.1) is 0 Å². The number of ether oxygens (including phenoxy) is 2. The first-order valence-corrected chi connectivity index (χ1v) is 8.58. The third-order valence-electron chi connectivity index (χ3n) is 4.21. The van der Waals surface area contributed by atoms with Crippen LogP contribution < -0.4 is 14.8 Å². The first-order chi connectivity index (χ1) is 11.9. The van der Waals surface area contributed by atoms with E-state index in [1.54, 1.807) is 0 Å². The van der Waals surface area contributed by atoms with Gasteiger partial charge in [0.25, 0.3) is 0 Å². The third kappa shape index (κ3) is 5.33. The summed E-state index contributed by atoms with van der Waals surface area (Å²) in [4.78, 5) is 6.71. The molecule has 1 unspecified atom stereocenters. The molecule has 0 aliphatic carbocycles. The maximum atomic E-state index is 5.97. The average molecular weight is 364 g/mol. The molecule has 3 rings (SSSR count). The second-order valence-electron chi connectivity index (χ2n) is 5.77. The standard InChI is InChI=1S/C19H25N3O2.ClH/c1-2-23-18-7-3-4-8-19(18)24-13-12-22-11-10-21-15-17(22)16-6-5-9-20-14-16;/h3-9,14,17,21H,2,10-13,15H2,1H3;1H. The van der Waals surface area contributed by atoms with Crippen LogP contribution in [0.2, 0.25) is 0 Å². The van der Waals surface area contributed by atoms with Gasteiger partial charge in [0.1, 0.15) is 6.61 Å². The van der Waals surface area contributed by atoms with Crippen molar-refractivity contribution >= 4 is 12.4 Å². The van der Waals surface area contributed by atoms with Gasteiger partial charge < -0.3 is 14.8 Å².